The van der Waals surface area contributed by atoms with Crippen LogP contribution in [0.2, 0.25) is 0 Å². The number of rotatable bonds is 5. The standard InChI is InChI=1S/C26H33FN6O3/c1-36-23-11-19(20(27)14-28-23)21-12-22(31-30-21)25(35)33-10-6-16(13-26(33)7-8-26)24(34)29-17-4-5-18-3-2-9-32(18)15-17/h11-12,14,16-18H,2-10,13,15H2,1H3,(H,29,34)(H,30,31)/t16-,17-,18+/m0/s1. The quantitative estimate of drug-likeness (QED) is 0.660. The predicted molar refractivity (Wildman–Crippen MR) is 130 cm³/mol. The van der Waals surface area contributed by atoms with E-state index in [2.05, 4.69) is 25.4 Å². The molecule has 0 bridgehead atoms. The summed E-state index contributed by atoms with van der Waals surface area (Å²) in [7, 11) is 1.46. The highest BCUT2D eigenvalue weighted by Gasteiger charge is 2.54. The molecule has 2 aromatic rings. The molecule has 5 heterocycles. The lowest BCUT2D eigenvalue weighted by molar-refractivity contribution is -0.128. The minimum atomic E-state index is -0.537. The molecule has 36 heavy (non-hydrogen) atoms. The summed E-state index contributed by atoms with van der Waals surface area (Å²) in [5.41, 5.74) is 0.595. The third-order valence-electron chi connectivity index (χ3n) is 8.62. The summed E-state index contributed by atoms with van der Waals surface area (Å²) in [6.45, 7) is 2.64. The monoisotopic (exact) mass is 496 g/mol. The van der Waals surface area contributed by atoms with Crippen molar-refractivity contribution in [3.8, 4) is 17.1 Å². The number of ether oxygens (including phenoxy) is 1. The van der Waals surface area contributed by atoms with Crippen LogP contribution in [0, 0.1) is 11.7 Å². The van der Waals surface area contributed by atoms with E-state index in [9.17, 15) is 14.0 Å². The fourth-order valence-corrected chi connectivity index (χ4v) is 6.46. The second-order valence-electron chi connectivity index (χ2n) is 10.8. The maximum absolute atomic E-state index is 14.3. The van der Waals surface area contributed by atoms with Gasteiger partial charge in [-0.3, -0.25) is 19.6 Å². The average Bonchev–Trinajstić information content (AvgIpc) is 3.28. The Morgan fingerprint density at radius 3 is 2.86 bits per heavy atom. The Hall–Kier alpha value is -3.01. The molecule has 3 aliphatic heterocycles. The van der Waals surface area contributed by atoms with Crippen LogP contribution in [-0.2, 0) is 4.79 Å². The number of piperidine rings is 2. The van der Waals surface area contributed by atoms with Crippen LogP contribution in [0.1, 0.15) is 61.9 Å². The highest BCUT2D eigenvalue weighted by molar-refractivity contribution is 5.94. The average molecular weight is 497 g/mol. The molecule has 3 saturated heterocycles. The third kappa shape index (κ3) is 4.25. The van der Waals surface area contributed by atoms with Crippen molar-refractivity contribution in [3.63, 3.8) is 0 Å². The van der Waals surface area contributed by atoms with Gasteiger partial charge < -0.3 is 15.0 Å². The van der Waals surface area contributed by atoms with Crippen LogP contribution in [0.4, 0.5) is 4.39 Å². The Morgan fingerprint density at radius 2 is 2.06 bits per heavy atom. The Kier molecular flexibility index (Phi) is 5.94. The Bertz CT molecular complexity index is 1160. The van der Waals surface area contributed by atoms with E-state index in [1.807, 2.05) is 4.90 Å². The molecule has 4 fully saturated rings. The Labute approximate surface area is 209 Å². The Balaban J connectivity index is 1.10. The van der Waals surface area contributed by atoms with Crippen LogP contribution in [0.5, 0.6) is 5.88 Å². The van der Waals surface area contributed by atoms with Gasteiger partial charge in [0, 0.05) is 48.3 Å². The van der Waals surface area contributed by atoms with Gasteiger partial charge in [-0.05, 0) is 64.0 Å². The molecule has 1 spiro atoms. The van der Waals surface area contributed by atoms with Crippen molar-refractivity contribution in [2.75, 3.05) is 26.7 Å². The van der Waals surface area contributed by atoms with Crippen molar-refractivity contribution in [2.24, 2.45) is 5.92 Å². The summed E-state index contributed by atoms with van der Waals surface area (Å²) in [5.74, 6) is -0.345. The lowest BCUT2D eigenvalue weighted by Gasteiger charge is -2.40. The molecule has 6 rings (SSSR count). The van der Waals surface area contributed by atoms with Gasteiger partial charge in [-0.25, -0.2) is 9.37 Å². The number of aromatic amines is 1. The van der Waals surface area contributed by atoms with E-state index in [0.29, 0.717) is 36.8 Å². The van der Waals surface area contributed by atoms with Crippen molar-refractivity contribution >= 4 is 11.8 Å². The number of pyridine rings is 1. The minimum absolute atomic E-state index is 0.0661. The number of methoxy groups -OCH3 is 1. The number of nitrogens with one attached hydrogen (secondary N) is 2. The number of halogens is 1. The largest absolute Gasteiger partial charge is 0.481 e. The third-order valence-corrected chi connectivity index (χ3v) is 8.62. The normalized spacial score (nSPS) is 27.1. The van der Waals surface area contributed by atoms with Gasteiger partial charge in [0.15, 0.2) is 5.82 Å². The first-order valence-electron chi connectivity index (χ1n) is 13.1. The number of hydrogen-bond donors (Lipinski definition) is 2. The van der Waals surface area contributed by atoms with Gasteiger partial charge in [-0.15, -0.1) is 0 Å². The van der Waals surface area contributed by atoms with Gasteiger partial charge in [0.1, 0.15) is 5.69 Å². The lowest BCUT2D eigenvalue weighted by Crippen LogP contribution is -2.54. The molecule has 2 aromatic heterocycles. The fourth-order valence-electron chi connectivity index (χ4n) is 6.46. The highest BCUT2D eigenvalue weighted by Crippen LogP contribution is 2.50. The molecule has 0 unspecified atom stereocenters. The van der Waals surface area contributed by atoms with E-state index in [-0.39, 0.29) is 40.8 Å². The van der Waals surface area contributed by atoms with Crippen LogP contribution in [0.25, 0.3) is 11.3 Å². The molecular formula is C26H33FN6O3. The molecule has 192 valence electrons. The summed E-state index contributed by atoms with van der Waals surface area (Å²) in [6.07, 6.45) is 9.01. The van der Waals surface area contributed by atoms with E-state index in [1.165, 1.54) is 32.4 Å². The zero-order valence-electron chi connectivity index (χ0n) is 20.6. The van der Waals surface area contributed by atoms with Crippen molar-refractivity contribution in [1.82, 2.24) is 30.3 Å². The summed E-state index contributed by atoms with van der Waals surface area (Å²) in [4.78, 5) is 34.9. The number of carbonyl (C=O) groups is 2. The molecule has 0 aromatic carbocycles. The fraction of sp³-hybridized carbons (Fsp3) is 0.615. The van der Waals surface area contributed by atoms with Crippen molar-refractivity contribution in [1.29, 1.82) is 0 Å². The number of aromatic nitrogens is 3. The van der Waals surface area contributed by atoms with E-state index < -0.39 is 5.82 Å². The summed E-state index contributed by atoms with van der Waals surface area (Å²) >= 11 is 0. The number of hydrogen-bond acceptors (Lipinski definition) is 6. The maximum Gasteiger partial charge on any atom is 0.272 e. The van der Waals surface area contributed by atoms with Crippen LogP contribution >= 0.6 is 0 Å². The molecule has 3 atom stereocenters. The van der Waals surface area contributed by atoms with Gasteiger partial charge in [-0.1, -0.05) is 0 Å². The molecule has 2 N–H and O–H groups in total. The van der Waals surface area contributed by atoms with Crippen molar-refractivity contribution in [2.45, 2.75) is 69.0 Å². The first kappa shape index (κ1) is 23.4. The van der Waals surface area contributed by atoms with Crippen molar-refractivity contribution in [3.05, 3.63) is 29.8 Å². The summed E-state index contributed by atoms with van der Waals surface area (Å²) in [6, 6.07) is 3.98. The SMILES string of the molecule is COc1cc(-c2cc(C(=O)N3CC[C@H](C(=O)N[C@H]4CC[C@H]5CCCN5C4)CC34CC4)[nH]n2)c(F)cn1. The van der Waals surface area contributed by atoms with Crippen LogP contribution in [0.15, 0.2) is 18.3 Å². The van der Waals surface area contributed by atoms with Crippen molar-refractivity contribution < 1.29 is 18.7 Å². The predicted octanol–water partition coefficient (Wildman–Crippen LogP) is 2.75. The van der Waals surface area contributed by atoms with Gasteiger partial charge in [0.2, 0.25) is 11.8 Å². The van der Waals surface area contributed by atoms with Gasteiger partial charge >= 0.3 is 0 Å². The topological polar surface area (TPSA) is 103 Å². The smallest absolute Gasteiger partial charge is 0.272 e. The van der Waals surface area contributed by atoms with E-state index in [0.717, 1.165) is 38.5 Å². The second kappa shape index (κ2) is 9.14. The molecule has 0 radical (unpaired) electrons. The lowest BCUT2D eigenvalue weighted by atomic mass is 9.87. The van der Waals surface area contributed by atoms with E-state index in [4.69, 9.17) is 4.74 Å². The van der Waals surface area contributed by atoms with Crippen LogP contribution in [0.3, 0.4) is 0 Å². The molecule has 9 nitrogen and oxygen atoms in total. The highest BCUT2D eigenvalue weighted by atomic mass is 19.1. The summed E-state index contributed by atoms with van der Waals surface area (Å²) < 4.78 is 19.4. The number of nitrogens with zero attached hydrogens (tertiary/aromatic N) is 4. The number of likely N-dealkylation sites (tertiary alicyclic amines) is 1. The zero-order chi connectivity index (χ0) is 24.9. The summed E-state index contributed by atoms with van der Waals surface area (Å²) in [5, 5.41) is 10.3. The van der Waals surface area contributed by atoms with Gasteiger partial charge in [-0.2, -0.15) is 5.10 Å². The minimum Gasteiger partial charge on any atom is -0.481 e. The molecule has 10 heteroatoms. The number of fused-ring (bicyclic) bond motifs is 1. The molecular weight excluding hydrogens is 463 g/mol. The first-order chi connectivity index (χ1) is 17.5. The molecule has 1 aliphatic carbocycles. The van der Waals surface area contributed by atoms with Crippen LogP contribution in [-0.4, -0.2) is 81.2 Å². The van der Waals surface area contributed by atoms with E-state index >= 15 is 0 Å². The van der Waals surface area contributed by atoms with Gasteiger partial charge in [0.05, 0.1) is 19.0 Å². The molecule has 2 amide bonds. The Morgan fingerprint density at radius 1 is 1.19 bits per heavy atom. The van der Waals surface area contributed by atoms with E-state index in [1.54, 1.807) is 6.07 Å². The first-order valence-corrected chi connectivity index (χ1v) is 13.1. The zero-order valence-corrected chi connectivity index (χ0v) is 20.6. The number of carbonyl (C=O) groups excluding carboxylic acids is 2. The van der Waals surface area contributed by atoms with Crippen LogP contribution < -0.4 is 10.1 Å². The molecule has 4 aliphatic rings. The molecule has 1 saturated carbocycles. The second-order valence-corrected chi connectivity index (χ2v) is 10.8. The number of H-pyrrole nitrogens is 1. The maximum atomic E-state index is 14.3. The number of amides is 2. The van der Waals surface area contributed by atoms with Gasteiger partial charge in [0.25, 0.3) is 5.91 Å².